The van der Waals surface area contributed by atoms with Crippen LogP contribution in [0.1, 0.15) is 39.3 Å². The van der Waals surface area contributed by atoms with Gasteiger partial charge in [0.05, 0.1) is 29.6 Å². The van der Waals surface area contributed by atoms with Crippen molar-refractivity contribution in [2.75, 3.05) is 25.5 Å². The SMILES string of the molecule is COc1cc(C(=O)Nc2cc(Cl)ccc2C(=O)N2CCCC2)ccc1OCc1cscn1. The molecule has 0 atom stereocenters. The number of aromatic nitrogens is 1. The first-order chi connectivity index (χ1) is 15.5. The summed E-state index contributed by atoms with van der Waals surface area (Å²) in [4.78, 5) is 31.8. The highest BCUT2D eigenvalue weighted by atomic mass is 35.5. The highest BCUT2D eigenvalue weighted by Gasteiger charge is 2.23. The van der Waals surface area contributed by atoms with Crippen molar-refractivity contribution in [1.29, 1.82) is 0 Å². The maximum absolute atomic E-state index is 13.0. The Balaban J connectivity index is 1.52. The van der Waals surface area contributed by atoms with Crippen molar-refractivity contribution in [3.63, 3.8) is 0 Å². The quantitative estimate of drug-likeness (QED) is 0.531. The van der Waals surface area contributed by atoms with Crippen molar-refractivity contribution >= 4 is 40.4 Å². The summed E-state index contributed by atoms with van der Waals surface area (Å²) >= 11 is 7.63. The summed E-state index contributed by atoms with van der Waals surface area (Å²) < 4.78 is 11.2. The molecule has 0 unspecified atom stereocenters. The van der Waals surface area contributed by atoms with E-state index in [1.54, 1.807) is 46.8 Å². The van der Waals surface area contributed by atoms with E-state index in [1.807, 2.05) is 5.38 Å². The molecule has 2 amide bonds. The lowest BCUT2D eigenvalue weighted by Crippen LogP contribution is -2.28. The number of carbonyl (C=O) groups is 2. The van der Waals surface area contributed by atoms with Gasteiger partial charge in [0, 0.05) is 29.1 Å². The van der Waals surface area contributed by atoms with Gasteiger partial charge in [-0.25, -0.2) is 4.98 Å². The van der Waals surface area contributed by atoms with Gasteiger partial charge < -0.3 is 19.7 Å². The second-order valence-electron chi connectivity index (χ2n) is 7.28. The normalized spacial score (nSPS) is 13.1. The number of hydrogen-bond donors (Lipinski definition) is 1. The first kappa shape index (κ1) is 22.1. The molecule has 1 fully saturated rings. The van der Waals surface area contributed by atoms with Crippen LogP contribution in [0, 0.1) is 0 Å². The fourth-order valence-corrected chi connectivity index (χ4v) is 4.20. The van der Waals surface area contributed by atoms with Crippen molar-refractivity contribution in [3.05, 3.63) is 69.1 Å². The predicted octanol–water partition coefficient (Wildman–Crippen LogP) is 4.87. The molecule has 0 aliphatic carbocycles. The number of nitrogens with zero attached hydrogens (tertiary/aromatic N) is 2. The number of carbonyl (C=O) groups excluding carboxylic acids is 2. The van der Waals surface area contributed by atoms with Gasteiger partial charge in [-0.15, -0.1) is 11.3 Å². The molecule has 9 heteroatoms. The number of thiazole rings is 1. The largest absolute Gasteiger partial charge is 0.493 e. The van der Waals surface area contributed by atoms with Gasteiger partial charge in [0.1, 0.15) is 6.61 Å². The Morgan fingerprint density at radius 3 is 2.69 bits per heavy atom. The van der Waals surface area contributed by atoms with Crippen LogP contribution in [0.15, 0.2) is 47.3 Å². The van der Waals surface area contributed by atoms with Gasteiger partial charge >= 0.3 is 0 Å². The van der Waals surface area contributed by atoms with Gasteiger partial charge in [-0.1, -0.05) is 11.6 Å². The van der Waals surface area contributed by atoms with E-state index in [0.717, 1.165) is 18.5 Å². The number of anilines is 1. The zero-order valence-corrected chi connectivity index (χ0v) is 19.0. The number of benzene rings is 2. The Hall–Kier alpha value is -3.10. The van der Waals surface area contributed by atoms with Crippen LogP contribution in [0.3, 0.4) is 0 Å². The zero-order valence-electron chi connectivity index (χ0n) is 17.5. The highest BCUT2D eigenvalue weighted by Crippen LogP contribution is 2.30. The van der Waals surface area contributed by atoms with E-state index in [0.29, 0.717) is 53.0 Å². The van der Waals surface area contributed by atoms with Crippen molar-refractivity contribution in [2.24, 2.45) is 0 Å². The lowest BCUT2D eigenvalue weighted by molar-refractivity contribution is 0.0794. The van der Waals surface area contributed by atoms with Crippen molar-refractivity contribution in [3.8, 4) is 11.5 Å². The second kappa shape index (κ2) is 10.0. The van der Waals surface area contributed by atoms with Crippen LogP contribution in [0.4, 0.5) is 5.69 Å². The number of ether oxygens (including phenoxy) is 2. The van der Waals surface area contributed by atoms with Gasteiger partial charge in [-0.3, -0.25) is 9.59 Å². The van der Waals surface area contributed by atoms with E-state index in [1.165, 1.54) is 18.4 Å². The number of nitrogens with one attached hydrogen (secondary N) is 1. The van der Waals surface area contributed by atoms with Crippen LogP contribution in [0.25, 0.3) is 0 Å². The van der Waals surface area contributed by atoms with Crippen LogP contribution in [-0.4, -0.2) is 41.9 Å². The maximum Gasteiger partial charge on any atom is 0.255 e. The Labute approximate surface area is 194 Å². The number of likely N-dealkylation sites (tertiary alicyclic amines) is 1. The van der Waals surface area contributed by atoms with Crippen LogP contribution >= 0.6 is 22.9 Å². The number of hydrogen-bond acceptors (Lipinski definition) is 6. The fourth-order valence-electron chi connectivity index (χ4n) is 3.48. The average molecular weight is 472 g/mol. The minimum Gasteiger partial charge on any atom is -0.493 e. The smallest absolute Gasteiger partial charge is 0.255 e. The van der Waals surface area contributed by atoms with E-state index >= 15 is 0 Å². The topological polar surface area (TPSA) is 80.8 Å². The molecule has 1 aromatic heterocycles. The monoisotopic (exact) mass is 471 g/mol. The number of methoxy groups -OCH3 is 1. The number of amides is 2. The summed E-state index contributed by atoms with van der Waals surface area (Å²) in [5.41, 5.74) is 3.71. The van der Waals surface area contributed by atoms with E-state index in [9.17, 15) is 9.59 Å². The maximum atomic E-state index is 13.0. The minimum absolute atomic E-state index is 0.113. The third-order valence-corrected chi connectivity index (χ3v) is 6.01. The van der Waals surface area contributed by atoms with Crippen LogP contribution in [0.5, 0.6) is 11.5 Å². The summed E-state index contributed by atoms with van der Waals surface area (Å²) in [6.07, 6.45) is 1.97. The van der Waals surface area contributed by atoms with Crippen LogP contribution < -0.4 is 14.8 Å². The van der Waals surface area contributed by atoms with Gasteiger partial charge in [-0.2, -0.15) is 0 Å². The molecule has 4 rings (SSSR count). The van der Waals surface area contributed by atoms with Crippen LogP contribution in [-0.2, 0) is 6.61 Å². The molecule has 3 aromatic rings. The van der Waals surface area contributed by atoms with Crippen molar-refractivity contribution in [2.45, 2.75) is 19.4 Å². The van der Waals surface area contributed by atoms with Gasteiger partial charge in [0.2, 0.25) is 0 Å². The molecule has 2 aromatic carbocycles. The highest BCUT2D eigenvalue weighted by molar-refractivity contribution is 7.07. The Morgan fingerprint density at radius 1 is 1.16 bits per heavy atom. The first-order valence-corrected chi connectivity index (χ1v) is 11.5. The molecule has 0 radical (unpaired) electrons. The first-order valence-electron chi connectivity index (χ1n) is 10.1. The number of rotatable bonds is 7. The predicted molar refractivity (Wildman–Crippen MR) is 124 cm³/mol. The van der Waals surface area contributed by atoms with E-state index in [-0.39, 0.29) is 11.8 Å². The summed E-state index contributed by atoms with van der Waals surface area (Å²) in [6, 6.07) is 9.80. The molecule has 0 saturated carbocycles. The molecule has 7 nitrogen and oxygen atoms in total. The lowest BCUT2D eigenvalue weighted by atomic mass is 10.1. The molecule has 1 aliphatic rings. The molecule has 32 heavy (non-hydrogen) atoms. The molecule has 1 aliphatic heterocycles. The van der Waals surface area contributed by atoms with Crippen LogP contribution in [0.2, 0.25) is 5.02 Å². The molecule has 2 heterocycles. The molecule has 0 spiro atoms. The fraction of sp³-hybridized carbons (Fsp3) is 0.261. The third-order valence-electron chi connectivity index (χ3n) is 5.14. The number of halogens is 1. The second-order valence-corrected chi connectivity index (χ2v) is 8.43. The molecular formula is C23H22ClN3O4S. The lowest BCUT2D eigenvalue weighted by Gasteiger charge is -2.18. The molecule has 1 N–H and O–H groups in total. The summed E-state index contributed by atoms with van der Waals surface area (Å²) in [5.74, 6) is 0.432. The molecule has 166 valence electrons. The third kappa shape index (κ3) is 5.03. The molecule has 1 saturated heterocycles. The standard InChI is InChI=1S/C23H22ClN3O4S/c1-30-21-10-15(4-7-20(21)31-12-17-13-32-14-25-17)22(28)26-19-11-16(24)5-6-18(19)23(29)27-8-2-3-9-27/h4-7,10-11,13-14H,2-3,8-9,12H2,1H3,(H,26,28). The summed E-state index contributed by atoms with van der Waals surface area (Å²) in [5, 5.41) is 5.16. The van der Waals surface area contributed by atoms with E-state index in [4.69, 9.17) is 21.1 Å². The van der Waals surface area contributed by atoms with Crippen molar-refractivity contribution in [1.82, 2.24) is 9.88 Å². The van der Waals surface area contributed by atoms with Gasteiger partial charge in [-0.05, 0) is 49.2 Å². The Bertz CT molecular complexity index is 1110. The summed E-state index contributed by atoms with van der Waals surface area (Å²) in [7, 11) is 1.51. The van der Waals surface area contributed by atoms with Gasteiger partial charge in [0.15, 0.2) is 11.5 Å². The average Bonchev–Trinajstić information content (AvgIpc) is 3.51. The minimum atomic E-state index is -0.382. The molecular weight excluding hydrogens is 450 g/mol. The Morgan fingerprint density at radius 2 is 1.97 bits per heavy atom. The summed E-state index contributed by atoms with van der Waals surface area (Å²) in [6.45, 7) is 1.73. The van der Waals surface area contributed by atoms with Crippen molar-refractivity contribution < 1.29 is 19.1 Å². The molecule has 0 bridgehead atoms. The Kier molecular flexibility index (Phi) is 6.92. The zero-order chi connectivity index (χ0) is 22.5. The van der Waals surface area contributed by atoms with Gasteiger partial charge in [0.25, 0.3) is 11.8 Å². The van der Waals surface area contributed by atoms with E-state index in [2.05, 4.69) is 10.3 Å². The van der Waals surface area contributed by atoms with E-state index < -0.39 is 0 Å².